The van der Waals surface area contributed by atoms with Crippen LogP contribution in [0, 0.1) is 0 Å². The maximum absolute atomic E-state index is 13.2. The third-order valence-corrected chi connectivity index (χ3v) is 9.07. The summed E-state index contributed by atoms with van der Waals surface area (Å²) in [4.78, 5) is 28.6. The summed E-state index contributed by atoms with van der Waals surface area (Å²) >= 11 is 2.03. The fourth-order valence-electron chi connectivity index (χ4n) is 4.38. The van der Waals surface area contributed by atoms with Gasteiger partial charge in [0.2, 0.25) is 0 Å². The van der Waals surface area contributed by atoms with E-state index in [0.29, 0.717) is 39.7 Å². The van der Waals surface area contributed by atoms with Crippen molar-refractivity contribution in [3.63, 3.8) is 0 Å². The maximum atomic E-state index is 13.2. The number of hydrogen-bond donors (Lipinski definition) is 1. The Balaban J connectivity index is 1.43. The SMILES string of the molecule is CCN1C(=O)c2ccccc2S(=O)c2ccc(C(=O)NCCCSC3CCCCC3)cc21. The maximum Gasteiger partial charge on any atom is 0.259 e. The lowest BCUT2D eigenvalue weighted by Crippen LogP contribution is -2.31. The number of rotatable bonds is 7. The van der Waals surface area contributed by atoms with Gasteiger partial charge in [0.15, 0.2) is 0 Å². The molecular formula is C25H30N2O3S2. The number of anilines is 1. The van der Waals surface area contributed by atoms with Crippen LogP contribution in [-0.2, 0) is 10.8 Å². The number of nitrogens with zero attached hydrogens (tertiary/aromatic N) is 1. The molecule has 7 heteroatoms. The Labute approximate surface area is 196 Å². The van der Waals surface area contributed by atoms with Crippen molar-refractivity contribution in [3.05, 3.63) is 53.6 Å². The van der Waals surface area contributed by atoms with Gasteiger partial charge in [-0.1, -0.05) is 31.4 Å². The second-order valence-electron chi connectivity index (χ2n) is 8.24. The Kier molecular flexibility index (Phi) is 7.68. The van der Waals surface area contributed by atoms with E-state index in [1.807, 2.05) is 18.7 Å². The molecule has 2 aromatic rings. The fraction of sp³-hybridized carbons (Fsp3) is 0.440. The molecule has 5 nitrogen and oxygen atoms in total. The van der Waals surface area contributed by atoms with Crippen LogP contribution >= 0.6 is 11.8 Å². The predicted octanol–water partition coefficient (Wildman–Crippen LogP) is 5.02. The quantitative estimate of drug-likeness (QED) is 0.577. The highest BCUT2D eigenvalue weighted by Gasteiger charge is 2.30. The molecule has 1 saturated carbocycles. The number of thioether (sulfide) groups is 1. The van der Waals surface area contributed by atoms with Crippen molar-refractivity contribution < 1.29 is 13.8 Å². The van der Waals surface area contributed by atoms with Crippen LogP contribution in [0.5, 0.6) is 0 Å². The van der Waals surface area contributed by atoms with Gasteiger partial charge >= 0.3 is 0 Å². The van der Waals surface area contributed by atoms with Gasteiger partial charge < -0.3 is 10.2 Å². The molecule has 1 heterocycles. The third-order valence-electron chi connectivity index (χ3n) is 6.10. The Hall–Kier alpha value is -2.12. The molecule has 2 aromatic carbocycles. The first-order valence-electron chi connectivity index (χ1n) is 11.5. The van der Waals surface area contributed by atoms with Crippen molar-refractivity contribution in [2.24, 2.45) is 0 Å². The second-order valence-corrected chi connectivity index (χ2v) is 11.1. The number of fused-ring (bicyclic) bond motifs is 2. The predicted molar refractivity (Wildman–Crippen MR) is 131 cm³/mol. The Bertz CT molecular complexity index is 1020. The first-order valence-corrected chi connectivity index (χ1v) is 13.7. The van der Waals surface area contributed by atoms with E-state index in [1.54, 1.807) is 47.4 Å². The monoisotopic (exact) mass is 470 g/mol. The van der Waals surface area contributed by atoms with Crippen LogP contribution in [0.3, 0.4) is 0 Å². The minimum absolute atomic E-state index is 0.161. The summed E-state index contributed by atoms with van der Waals surface area (Å²) in [6.45, 7) is 2.94. The van der Waals surface area contributed by atoms with Gasteiger partial charge in [0.05, 0.1) is 31.8 Å². The van der Waals surface area contributed by atoms with E-state index in [0.717, 1.165) is 17.4 Å². The van der Waals surface area contributed by atoms with Gasteiger partial charge in [0.1, 0.15) is 0 Å². The molecule has 0 aromatic heterocycles. The standard InChI is InChI=1S/C25H30N2O3S2/c1-2-27-21-17-18(24(28)26-15-8-16-31-19-9-4-3-5-10-19)13-14-23(21)32(30)22-12-7-6-11-20(22)25(27)29/h6-7,11-14,17,19H,2-5,8-10,15-16H2,1H3,(H,26,28). The van der Waals surface area contributed by atoms with Crippen LogP contribution in [0.25, 0.3) is 0 Å². The van der Waals surface area contributed by atoms with E-state index in [2.05, 4.69) is 5.32 Å². The number of benzene rings is 2. The molecule has 0 bridgehead atoms. The van der Waals surface area contributed by atoms with Crippen LogP contribution in [0.4, 0.5) is 5.69 Å². The molecule has 1 fully saturated rings. The van der Waals surface area contributed by atoms with Crippen molar-refractivity contribution >= 4 is 40.1 Å². The summed E-state index contributed by atoms with van der Waals surface area (Å²) in [5.74, 6) is 0.712. The smallest absolute Gasteiger partial charge is 0.259 e. The van der Waals surface area contributed by atoms with Crippen LogP contribution in [-0.4, -0.2) is 40.1 Å². The molecule has 0 saturated heterocycles. The zero-order valence-corrected chi connectivity index (χ0v) is 20.1. The molecule has 1 aliphatic carbocycles. The largest absolute Gasteiger partial charge is 0.352 e. The zero-order chi connectivity index (χ0) is 22.5. The molecule has 2 aliphatic rings. The van der Waals surface area contributed by atoms with Gasteiger partial charge in [-0.3, -0.25) is 9.59 Å². The average molecular weight is 471 g/mol. The second kappa shape index (κ2) is 10.7. The summed E-state index contributed by atoms with van der Waals surface area (Å²) in [5.41, 5.74) is 1.48. The van der Waals surface area contributed by atoms with E-state index < -0.39 is 10.8 Å². The van der Waals surface area contributed by atoms with E-state index in [1.165, 1.54) is 32.1 Å². The van der Waals surface area contributed by atoms with E-state index in [4.69, 9.17) is 0 Å². The lowest BCUT2D eigenvalue weighted by Gasteiger charge is -2.21. The molecule has 1 atom stereocenters. The van der Waals surface area contributed by atoms with Crippen LogP contribution < -0.4 is 10.2 Å². The first kappa shape index (κ1) is 23.1. The summed E-state index contributed by atoms with van der Waals surface area (Å²) < 4.78 is 13.2. The highest BCUT2D eigenvalue weighted by atomic mass is 32.2. The molecule has 1 unspecified atom stereocenters. The molecule has 170 valence electrons. The van der Waals surface area contributed by atoms with Gasteiger partial charge in [-0.15, -0.1) is 0 Å². The van der Waals surface area contributed by atoms with Gasteiger partial charge in [-0.25, -0.2) is 4.21 Å². The Morgan fingerprint density at radius 3 is 2.69 bits per heavy atom. The highest BCUT2D eigenvalue weighted by molar-refractivity contribution is 7.99. The van der Waals surface area contributed by atoms with Gasteiger partial charge in [-0.2, -0.15) is 11.8 Å². The van der Waals surface area contributed by atoms with E-state index >= 15 is 0 Å². The average Bonchev–Trinajstić information content (AvgIpc) is 2.92. The molecule has 1 aliphatic heterocycles. The topological polar surface area (TPSA) is 66.5 Å². The number of hydrogen-bond acceptors (Lipinski definition) is 4. The van der Waals surface area contributed by atoms with Crippen molar-refractivity contribution in [1.29, 1.82) is 0 Å². The van der Waals surface area contributed by atoms with Gasteiger partial charge in [-0.05, 0) is 62.3 Å². The van der Waals surface area contributed by atoms with Crippen molar-refractivity contribution in [2.75, 3.05) is 23.7 Å². The van der Waals surface area contributed by atoms with Gasteiger partial charge in [0.25, 0.3) is 11.8 Å². The minimum atomic E-state index is -1.48. The Morgan fingerprint density at radius 1 is 1.12 bits per heavy atom. The molecule has 32 heavy (non-hydrogen) atoms. The fourth-order valence-corrected chi connectivity index (χ4v) is 7.03. The molecule has 1 N–H and O–H groups in total. The normalized spacial score (nSPS) is 18.6. The highest BCUT2D eigenvalue weighted by Crippen LogP contribution is 2.35. The summed E-state index contributed by atoms with van der Waals surface area (Å²) in [7, 11) is -1.48. The first-order chi connectivity index (χ1) is 15.6. The number of carbonyl (C=O) groups is 2. The molecule has 0 radical (unpaired) electrons. The van der Waals surface area contributed by atoms with Crippen molar-refractivity contribution in [3.8, 4) is 0 Å². The molecule has 0 spiro atoms. The lowest BCUT2D eigenvalue weighted by molar-refractivity contribution is 0.0950. The van der Waals surface area contributed by atoms with E-state index in [-0.39, 0.29) is 11.8 Å². The summed E-state index contributed by atoms with van der Waals surface area (Å²) in [6.07, 6.45) is 7.65. The molecule has 2 amide bonds. The van der Waals surface area contributed by atoms with Gasteiger partial charge in [0, 0.05) is 23.9 Å². The Morgan fingerprint density at radius 2 is 1.91 bits per heavy atom. The number of nitrogens with one attached hydrogen (secondary N) is 1. The van der Waals surface area contributed by atoms with Crippen LogP contribution in [0.15, 0.2) is 52.3 Å². The van der Waals surface area contributed by atoms with Crippen LogP contribution in [0.1, 0.15) is 66.2 Å². The van der Waals surface area contributed by atoms with Crippen LogP contribution in [0.2, 0.25) is 0 Å². The van der Waals surface area contributed by atoms with E-state index in [9.17, 15) is 13.8 Å². The molecule has 4 rings (SSSR count). The summed E-state index contributed by atoms with van der Waals surface area (Å²) in [5, 5.41) is 3.78. The number of carbonyl (C=O) groups excluding carboxylic acids is 2. The molecular weight excluding hydrogens is 440 g/mol. The number of amides is 2. The summed E-state index contributed by atoms with van der Waals surface area (Å²) in [6, 6.07) is 12.1. The lowest BCUT2D eigenvalue weighted by atomic mass is 10.0. The zero-order valence-electron chi connectivity index (χ0n) is 18.5. The van der Waals surface area contributed by atoms with Crippen molar-refractivity contribution in [1.82, 2.24) is 5.32 Å². The third kappa shape index (κ3) is 4.94. The van der Waals surface area contributed by atoms with Crippen molar-refractivity contribution in [2.45, 2.75) is 60.5 Å². The minimum Gasteiger partial charge on any atom is -0.352 e.